The number of rotatable bonds is 9. The lowest BCUT2D eigenvalue weighted by Crippen LogP contribution is -2.01. The van der Waals surface area contributed by atoms with Gasteiger partial charge in [-0.05, 0) is 98.3 Å². The molecule has 0 bridgehead atoms. The van der Waals surface area contributed by atoms with Crippen LogP contribution in [0, 0.1) is 10.8 Å². The van der Waals surface area contributed by atoms with Crippen LogP contribution in [-0.2, 0) is 12.8 Å². The molecule has 2 saturated carbocycles. The first-order chi connectivity index (χ1) is 10.5. The van der Waals surface area contributed by atoms with Gasteiger partial charge in [0.1, 0.15) is 5.75 Å². The van der Waals surface area contributed by atoms with Gasteiger partial charge in [-0.2, -0.15) is 0 Å². The molecule has 22 heavy (non-hydrogen) atoms. The second-order valence-corrected chi connectivity index (χ2v) is 8.32. The topological polar surface area (TPSA) is 20.2 Å². The minimum absolute atomic E-state index is 0.434. The molecule has 0 heterocycles. The number of phenolic OH excluding ortho intramolecular Hbond substituents is 1. The molecular formula is C21H32O. The van der Waals surface area contributed by atoms with E-state index in [0.29, 0.717) is 16.6 Å². The van der Waals surface area contributed by atoms with Crippen LogP contribution < -0.4 is 0 Å². The summed E-state index contributed by atoms with van der Waals surface area (Å²) in [5, 5.41) is 9.81. The second-order valence-electron chi connectivity index (χ2n) is 8.32. The summed E-state index contributed by atoms with van der Waals surface area (Å²) < 4.78 is 0. The number of aromatic hydroxyl groups is 1. The van der Waals surface area contributed by atoms with Crippen molar-refractivity contribution in [3.8, 4) is 5.75 Å². The minimum atomic E-state index is 0.434. The Morgan fingerprint density at radius 1 is 0.955 bits per heavy atom. The van der Waals surface area contributed by atoms with Crippen LogP contribution in [0.5, 0.6) is 5.75 Å². The zero-order valence-electron chi connectivity index (χ0n) is 14.5. The van der Waals surface area contributed by atoms with Crippen molar-refractivity contribution in [1.29, 1.82) is 0 Å². The van der Waals surface area contributed by atoms with Crippen molar-refractivity contribution < 1.29 is 5.11 Å². The molecule has 0 saturated heterocycles. The molecule has 0 atom stereocenters. The van der Waals surface area contributed by atoms with Gasteiger partial charge in [-0.1, -0.05) is 26.3 Å². The maximum Gasteiger partial charge on any atom is 0.115 e. The molecule has 1 heteroatoms. The third-order valence-corrected chi connectivity index (χ3v) is 6.38. The summed E-state index contributed by atoms with van der Waals surface area (Å²) in [6, 6.07) is 6.04. The number of aryl methyl sites for hydroxylation is 2. The molecule has 122 valence electrons. The summed E-state index contributed by atoms with van der Waals surface area (Å²) in [5.41, 5.74) is 4.23. The zero-order valence-corrected chi connectivity index (χ0v) is 14.5. The number of hydrogen-bond acceptors (Lipinski definition) is 1. The molecule has 1 aromatic rings. The van der Waals surface area contributed by atoms with E-state index in [2.05, 4.69) is 19.9 Å². The van der Waals surface area contributed by atoms with Gasteiger partial charge < -0.3 is 5.11 Å². The first-order valence-electron chi connectivity index (χ1n) is 9.35. The molecule has 0 spiro atoms. The van der Waals surface area contributed by atoms with Gasteiger partial charge in [-0.15, -0.1) is 0 Å². The summed E-state index contributed by atoms with van der Waals surface area (Å²) in [4.78, 5) is 0. The predicted molar refractivity (Wildman–Crippen MR) is 93.3 cm³/mol. The standard InChI is InChI=1S/C21H32O/c1-3-21(14-15-21)11-5-6-17-8-9-19(22)16-18(17)7-4-10-20(2)12-13-20/h8-9,16,22H,3-7,10-15H2,1-2H3. The average Bonchev–Trinajstić information content (AvgIpc) is 3.41. The third-order valence-electron chi connectivity index (χ3n) is 6.38. The monoisotopic (exact) mass is 300 g/mol. The highest BCUT2D eigenvalue weighted by molar-refractivity contribution is 5.35. The fraction of sp³-hybridized carbons (Fsp3) is 0.714. The van der Waals surface area contributed by atoms with E-state index in [-0.39, 0.29) is 0 Å². The normalized spacial score (nSPS) is 20.8. The molecule has 0 radical (unpaired) electrons. The molecule has 0 unspecified atom stereocenters. The summed E-state index contributed by atoms with van der Waals surface area (Å²) in [7, 11) is 0. The van der Waals surface area contributed by atoms with Crippen LogP contribution in [0.2, 0.25) is 0 Å². The molecule has 1 nitrogen and oxygen atoms in total. The van der Waals surface area contributed by atoms with Gasteiger partial charge in [0.25, 0.3) is 0 Å². The van der Waals surface area contributed by atoms with Crippen LogP contribution in [0.25, 0.3) is 0 Å². The van der Waals surface area contributed by atoms with Gasteiger partial charge in [0.2, 0.25) is 0 Å². The van der Waals surface area contributed by atoms with Gasteiger partial charge in [0.05, 0.1) is 0 Å². The minimum Gasteiger partial charge on any atom is -0.508 e. The first kappa shape index (κ1) is 15.9. The van der Waals surface area contributed by atoms with Crippen LogP contribution in [0.1, 0.15) is 82.8 Å². The van der Waals surface area contributed by atoms with Gasteiger partial charge in [0.15, 0.2) is 0 Å². The van der Waals surface area contributed by atoms with E-state index >= 15 is 0 Å². The number of hydrogen-bond donors (Lipinski definition) is 1. The Bertz CT molecular complexity index is 509. The van der Waals surface area contributed by atoms with E-state index in [4.69, 9.17) is 0 Å². The number of benzene rings is 1. The van der Waals surface area contributed by atoms with E-state index in [1.54, 1.807) is 0 Å². The second kappa shape index (κ2) is 6.26. The Kier molecular flexibility index (Phi) is 4.52. The van der Waals surface area contributed by atoms with Crippen molar-refractivity contribution in [2.45, 2.75) is 84.5 Å². The highest BCUT2D eigenvalue weighted by Crippen LogP contribution is 2.52. The Balaban J connectivity index is 1.52. The van der Waals surface area contributed by atoms with Gasteiger partial charge in [0, 0.05) is 0 Å². The first-order valence-corrected chi connectivity index (χ1v) is 9.35. The summed E-state index contributed by atoms with van der Waals surface area (Å²) in [5.74, 6) is 0.434. The summed E-state index contributed by atoms with van der Waals surface area (Å²) in [6.07, 6.45) is 14.7. The molecule has 1 N–H and O–H groups in total. The molecule has 0 amide bonds. The van der Waals surface area contributed by atoms with Crippen molar-refractivity contribution in [2.24, 2.45) is 10.8 Å². The van der Waals surface area contributed by atoms with Gasteiger partial charge in [-0.3, -0.25) is 0 Å². The Labute approximate surface area is 136 Å². The maximum absolute atomic E-state index is 9.81. The Hall–Kier alpha value is -0.980. The highest BCUT2D eigenvalue weighted by atomic mass is 16.3. The maximum atomic E-state index is 9.81. The fourth-order valence-electron chi connectivity index (χ4n) is 3.87. The lowest BCUT2D eigenvalue weighted by Gasteiger charge is -2.15. The van der Waals surface area contributed by atoms with Gasteiger partial charge in [-0.25, -0.2) is 0 Å². The van der Waals surface area contributed by atoms with E-state index in [9.17, 15) is 5.11 Å². The summed E-state index contributed by atoms with van der Waals surface area (Å²) in [6.45, 7) is 4.76. The van der Waals surface area contributed by atoms with Crippen molar-refractivity contribution in [3.05, 3.63) is 29.3 Å². The van der Waals surface area contributed by atoms with Crippen molar-refractivity contribution in [2.75, 3.05) is 0 Å². The Morgan fingerprint density at radius 3 is 2.27 bits per heavy atom. The zero-order chi connectivity index (χ0) is 15.6. The summed E-state index contributed by atoms with van der Waals surface area (Å²) >= 11 is 0. The van der Waals surface area contributed by atoms with Crippen molar-refractivity contribution in [3.63, 3.8) is 0 Å². The average molecular weight is 300 g/mol. The van der Waals surface area contributed by atoms with Crippen LogP contribution in [0.4, 0.5) is 0 Å². The smallest absolute Gasteiger partial charge is 0.115 e. The highest BCUT2D eigenvalue weighted by Gasteiger charge is 2.39. The molecule has 0 aromatic heterocycles. The largest absolute Gasteiger partial charge is 0.508 e. The van der Waals surface area contributed by atoms with E-state index in [0.717, 1.165) is 6.42 Å². The van der Waals surface area contributed by atoms with Crippen LogP contribution in [-0.4, -0.2) is 5.11 Å². The van der Waals surface area contributed by atoms with Gasteiger partial charge >= 0.3 is 0 Å². The predicted octanol–water partition coefficient (Wildman–Crippen LogP) is 6.03. The SMILES string of the molecule is CCC1(CCCc2ccc(O)cc2CCCC2(C)CC2)CC1. The van der Waals surface area contributed by atoms with Crippen molar-refractivity contribution in [1.82, 2.24) is 0 Å². The lowest BCUT2D eigenvalue weighted by molar-refractivity contribution is 0.433. The number of phenols is 1. The molecule has 1 aromatic carbocycles. The fourth-order valence-corrected chi connectivity index (χ4v) is 3.87. The molecule has 2 fully saturated rings. The molecular weight excluding hydrogens is 268 g/mol. The molecule has 2 aliphatic carbocycles. The van der Waals surface area contributed by atoms with Crippen LogP contribution >= 0.6 is 0 Å². The van der Waals surface area contributed by atoms with E-state index in [1.807, 2.05) is 12.1 Å². The van der Waals surface area contributed by atoms with Crippen LogP contribution in [0.15, 0.2) is 18.2 Å². The molecule has 3 rings (SSSR count). The molecule has 0 aliphatic heterocycles. The quantitative estimate of drug-likeness (QED) is 0.590. The van der Waals surface area contributed by atoms with E-state index in [1.165, 1.54) is 75.3 Å². The third kappa shape index (κ3) is 4.06. The van der Waals surface area contributed by atoms with E-state index < -0.39 is 0 Å². The van der Waals surface area contributed by atoms with Crippen LogP contribution in [0.3, 0.4) is 0 Å². The van der Waals surface area contributed by atoms with Crippen molar-refractivity contribution >= 4 is 0 Å². The Morgan fingerprint density at radius 2 is 1.64 bits per heavy atom. The lowest BCUT2D eigenvalue weighted by atomic mass is 9.91. The molecule has 2 aliphatic rings.